The fourth-order valence-electron chi connectivity index (χ4n) is 0.870. The zero-order chi connectivity index (χ0) is 8.81. The number of carbonyl (C=O) groups is 1. The highest BCUT2D eigenvalue weighted by molar-refractivity contribution is 7.07. The number of carbonyl (C=O) groups excluding carboxylic acids is 1. The van der Waals surface area contributed by atoms with Crippen LogP contribution in [-0.4, -0.2) is 5.78 Å². The van der Waals surface area contributed by atoms with Crippen LogP contribution in [-0.2, 0) is 11.2 Å². The Labute approximate surface area is 76.4 Å². The topological polar surface area (TPSA) is 17.1 Å². The molecular weight excluding hydrogens is 168 g/mol. The summed E-state index contributed by atoms with van der Waals surface area (Å²) in [6.07, 6.45) is 0.907. The minimum absolute atomic E-state index is 0.197. The standard InChI is InChI=1S/C10H10OS/c1-2-3-4-10(11)7-9-5-6-12-8-9/h5-6,8H,4,7H2,1H3. The molecule has 0 N–H and O–H groups in total. The molecule has 0 saturated heterocycles. The number of ketones is 1. The van der Waals surface area contributed by atoms with Gasteiger partial charge in [-0.25, -0.2) is 0 Å². The van der Waals surface area contributed by atoms with Gasteiger partial charge in [0.15, 0.2) is 0 Å². The molecule has 1 nitrogen and oxygen atoms in total. The maximum atomic E-state index is 11.2. The van der Waals surface area contributed by atoms with Crippen LogP contribution in [0.5, 0.6) is 0 Å². The molecule has 1 heterocycles. The van der Waals surface area contributed by atoms with Crippen molar-refractivity contribution in [2.24, 2.45) is 0 Å². The lowest BCUT2D eigenvalue weighted by Gasteiger charge is -1.91. The van der Waals surface area contributed by atoms with Gasteiger partial charge in [-0.1, -0.05) is 5.92 Å². The Morgan fingerprint density at radius 3 is 3.08 bits per heavy atom. The molecule has 0 aromatic carbocycles. The van der Waals surface area contributed by atoms with Gasteiger partial charge >= 0.3 is 0 Å². The van der Waals surface area contributed by atoms with E-state index in [1.807, 2.05) is 16.8 Å². The van der Waals surface area contributed by atoms with Crippen molar-refractivity contribution in [3.63, 3.8) is 0 Å². The third-order valence-corrected chi connectivity index (χ3v) is 2.18. The number of hydrogen-bond donors (Lipinski definition) is 0. The molecule has 0 radical (unpaired) electrons. The monoisotopic (exact) mass is 178 g/mol. The second kappa shape index (κ2) is 4.74. The molecule has 1 rings (SSSR count). The van der Waals surface area contributed by atoms with Crippen LogP contribution in [0.3, 0.4) is 0 Å². The molecule has 62 valence electrons. The Kier molecular flexibility index (Phi) is 3.56. The number of hydrogen-bond acceptors (Lipinski definition) is 2. The molecule has 0 atom stereocenters. The smallest absolute Gasteiger partial charge is 0.149 e. The Morgan fingerprint density at radius 1 is 1.67 bits per heavy atom. The Bertz CT molecular complexity index is 300. The Hall–Kier alpha value is -1.07. The summed E-state index contributed by atoms with van der Waals surface area (Å²) >= 11 is 1.62. The third-order valence-electron chi connectivity index (χ3n) is 1.44. The van der Waals surface area contributed by atoms with Gasteiger partial charge in [-0.2, -0.15) is 11.3 Å². The van der Waals surface area contributed by atoms with E-state index < -0.39 is 0 Å². The van der Waals surface area contributed by atoms with Crippen molar-refractivity contribution < 1.29 is 4.79 Å². The minimum Gasteiger partial charge on any atom is -0.298 e. The van der Waals surface area contributed by atoms with Gasteiger partial charge in [-0.05, 0) is 29.3 Å². The summed E-state index contributed by atoms with van der Waals surface area (Å²) in [7, 11) is 0. The molecule has 0 aliphatic heterocycles. The van der Waals surface area contributed by atoms with Gasteiger partial charge in [-0.15, -0.1) is 5.92 Å². The lowest BCUT2D eigenvalue weighted by molar-refractivity contribution is -0.117. The zero-order valence-corrected chi connectivity index (χ0v) is 7.78. The second-order valence-electron chi connectivity index (χ2n) is 2.45. The number of Topliss-reactive ketones (excluding diaryl/α,β-unsaturated/α-hetero) is 1. The summed E-state index contributed by atoms with van der Waals surface area (Å²) in [5, 5.41) is 3.98. The quantitative estimate of drug-likeness (QED) is 0.649. The SMILES string of the molecule is CC#CCC(=O)Cc1ccsc1. The molecular formula is C10H10OS. The summed E-state index contributed by atoms with van der Waals surface area (Å²) in [5.74, 6) is 5.67. The van der Waals surface area contributed by atoms with Crippen LogP contribution in [0.1, 0.15) is 18.9 Å². The van der Waals surface area contributed by atoms with Crippen molar-refractivity contribution in [3.05, 3.63) is 22.4 Å². The molecule has 0 spiro atoms. The molecule has 12 heavy (non-hydrogen) atoms. The van der Waals surface area contributed by atoms with E-state index in [0.29, 0.717) is 12.8 Å². The summed E-state index contributed by atoms with van der Waals surface area (Å²) in [5.41, 5.74) is 1.10. The lowest BCUT2D eigenvalue weighted by atomic mass is 10.1. The minimum atomic E-state index is 0.197. The van der Waals surface area contributed by atoms with E-state index in [2.05, 4.69) is 11.8 Å². The zero-order valence-electron chi connectivity index (χ0n) is 6.96. The van der Waals surface area contributed by atoms with Gasteiger partial charge < -0.3 is 0 Å². The van der Waals surface area contributed by atoms with Crippen molar-refractivity contribution in [2.45, 2.75) is 19.8 Å². The largest absolute Gasteiger partial charge is 0.298 e. The van der Waals surface area contributed by atoms with E-state index in [0.717, 1.165) is 5.56 Å². The average Bonchev–Trinajstić information content (AvgIpc) is 2.53. The highest BCUT2D eigenvalue weighted by Gasteiger charge is 2.00. The molecule has 0 amide bonds. The van der Waals surface area contributed by atoms with E-state index in [1.54, 1.807) is 18.3 Å². The highest BCUT2D eigenvalue weighted by atomic mass is 32.1. The van der Waals surface area contributed by atoms with Crippen molar-refractivity contribution in [1.29, 1.82) is 0 Å². The fourth-order valence-corrected chi connectivity index (χ4v) is 1.54. The molecule has 0 aliphatic carbocycles. The summed E-state index contributed by atoms with van der Waals surface area (Å²) in [4.78, 5) is 11.2. The molecule has 0 unspecified atom stereocenters. The van der Waals surface area contributed by atoms with Crippen LogP contribution >= 0.6 is 11.3 Å². The second-order valence-corrected chi connectivity index (χ2v) is 3.23. The normalized spacial score (nSPS) is 8.75. The predicted octanol–water partition coefficient (Wildman–Crippen LogP) is 2.27. The van der Waals surface area contributed by atoms with Gasteiger partial charge in [0.2, 0.25) is 0 Å². The maximum Gasteiger partial charge on any atom is 0.149 e. The lowest BCUT2D eigenvalue weighted by Crippen LogP contribution is -1.99. The molecule has 1 aromatic rings. The average molecular weight is 178 g/mol. The molecule has 1 aromatic heterocycles. The van der Waals surface area contributed by atoms with E-state index in [1.165, 1.54) is 0 Å². The first-order chi connectivity index (χ1) is 5.83. The van der Waals surface area contributed by atoms with Gasteiger partial charge in [0.05, 0.1) is 6.42 Å². The number of rotatable bonds is 3. The van der Waals surface area contributed by atoms with Crippen molar-refractivity contribution in [1.82, 2.24) is 0 Å². The van der Waals surface area contributed by atoms with Gasteiger partial charge in [-0.3, -0.25) is 4.79 Å². The molecule has 0 bridgehead atoms. The Balaban J connectivity index is 2.40. The van der Waals surface area contributed by atoms with Gasteiger partial charge in [0.25, 0.3) is 0 Å². The highest BCUT2D eigenvalue weighted by Crippen LogP contribution is 2.07. The third kappa shape index (κ3) is 2.89. The van der Waals surface area contributed by atoms with E-state index >= 15 is 0 Å². The summed E-state index contributed by atoms with van der Waals surface area (Å²) in [6, 6.07) is 1.97. The van der Waals surface area contributed by atoms with Gasteiger partial charge in [0.1, 0.15) is 5.78 Å². The van der Waals surface area contributed by atoms with Crippen LogP contribution in [0.2, 0.25) is 0 Å². The fraction of sp³-hybridized carbons (Fsp3) is 0.300. The van der Waals surface area contributed by atoms with Crippen LogP contribution < -0.4 is 0 Å². The van der Waals surface area contributed by atoms with Crippen LogP contribution in [0, 0.1) is 11.8 Å². The Morgan fingerprint density at radius 2 is 2.50 bits per heavy atom. The van der Waals surface area contributed by atoms with E-state index in [4.69, 9.17) is 0 Å². The summed E-state index contributed by atoms with van der Waals surface area (Å²) < 4.78 is 0. The van der Waals surface area contributed by atoms with E-state index in [9.17, 15) is 4.79 Å². The maximum absolute atomic E-state index is 11.2. The molecule has 2 heteroatoms. The first kappa shape index (κ1) is 9.02. The van der Waals surface area contributed by atoms with E-state index in [-0.39, 0.29) is 5.78 Å². The predicted molar refractivity (Wildman–Crippen MR) is 51.1 cm³/mol. The molecule has 0 fully saturated rings. The van der Waals surface area contributed by atoms with Crippen molar-refractivity contribution >= 4 is 17.1 Å². The van der Waals surface area contributed by atoms with Crippen LogP contribution in [0.25, 0.3) is 0 Å². The van der Waals surface area contributed by atoms with Crippen molar-refractivity contribution in [2.75, 3.05) is 0 Å². The van der Waals surface area contributed by atoms with Crippen LogP contribution in [0.4, 0.5) is 0 Å². The first-order valence-corrected chi connectivity index (χ1v) is 4.69. The van der Waals surface area contributed by atoms with Gasteiger partial charge in [0, 0.05) is 6.42 Å². The molecule has 0 aliphatic rings. The van der Waals surface area contributed by atoms with Crippen molar-refractivity contribution in [3.8, 4) is 11.8 Å². The number of thiophene rings is 1. The molecule has 0 saturated carbocycles. The first-order valence-electron chi connectivity index (χ1n) is 3.75. The summed E-state index contributed by atoms with van der Waals surface area (Å²) in [6.45, 7) is 1.75. The van der Waals surface area contributed by atoms with Crippen LogP contribution in [0.15, 0.2) is 16.8 Å².